The molecule has 0 radical (unpaired) electrons. The largest absolute Gasteiger partial charge is 2.00 e. The van der Waals surface area contributed by atoms with E-state index < -0.39 is 0 Å². The Morgan fingerprint density at radius 2 is 1.06 bits per heavy atom. The van der Waals surface area contributed by atoms with E-state index in [1.165, 1.54) is 70.6 Å². The molecule has 0 aliphatic heterocycles. The van der Waals surface area contributed by atoms with Crippen LogP contribution in [0.4, 0.5) is 0 Å². The molecule has 2 heteroatoms. The van der Waals surface area contributed by atoms with Crippen LogP contribution in [0, 0.1) is 6.58 Å². The Bertz CT molecular complexity index is 126. The van der Waals surface area contributed by atoms with Crippen molar-refractivity contribution >= 4 is 23.1 Å². The Labute approximate surface area is 136 Å². The summed E-state index contributed by atoms with van der Waals surface area (Å²) in [6, 6.07) is 0. The molecule has 0 saturated heterocycles. The van der Waals surface area contributed by atoms with Crippen molar-refractivity contribution in [3.05, 3.63) is 12.7 Å². The van der Waals surface area contributed by atoms with Gasteiger partial charge < -0.3 is 23.6 Å². The monoisotopic (exact) mass is 312 g/mol. The summed E-state index contributed by atoms with van der Waals surface area (Å²) < 4.78 is 0. The first-order chi connectivity index (χ1) is 7.41. The van der Waals surface area contributed by atoms with Gasteiger partial charge in [0.2, 0.25) is 0 Å². The molecule has 0 nitrogen and oxygen atoms in total. The van der Waals surface area contributed by atoms with E-state index >= 15 is 0 Å². The van der Waals surface area contributed by atoms with E-state index in [1.807, 2.05) is 0 Å². The van der Waals surface area contributed by atoms with E-state index in [0.717, 1.165) is 6.42 Å². The molecule has 0 aromatic carbocycles. The second-order valence-electron chi connectivity index (χ2n) is 4.56. The zero-order valence-electron chi connectivity index (χ0n) is 11.7. The van der Waals surface area contributed by atoms with E-state index in [4.69, 9.17) is 6.58 Å². The van der Waals surface area contributed by atoms with Gasteiger partial charge in [-0.25, -0.2) is 0 Å². The van der Waals surface area contributed by atoms with Crippen molar-refractivity contribution in [2.75, 3.05) is 0 Å². The summed E-state index contributed by atoms with van der Waals surface area (Å²) in [5, 5.41) is 0. The predicted octanol–water partition coefficient (Wildman–Crippen LogP) is 2.30. The van der Waals surface area contributed by atoms with Crippen LogP contribution in [0.1, 0.15) is 84.0 Å². The molecule has 0 aromatic heterocycles. The molecule has 0 aromatic rings. The first kappa shape index (κ1) is 23.1. The second kappa shape index (κ2) is 22.2. The number of hydrogen-bond donors (Lipinski definition) is 0. The van der Waals surface area contributed by atoms with Crippen LogP contribution in [0.15, 0.2) is 6.08 Å². The summed E-state index contributed by atoms with van der Waals surface area (Å²) in [6.45, 7) is 7.60. The number of rotatable bonds is 12. The zero-order chi connectivity index (χ0) is 11.2. The van der Waals surface area contributed by atoms with Gasteiger partial charge in [0.1, 0.15) is 0 Å². The Morgan fingerprint density at radius 3 is 1.41 bits per heavy atom. The maximum Gasteiger partial charge on any atom is 2.00 e. The van der Waals surface area contributed by atoms with Gasteiger partial charge in [-0.3, -0.25) is 6.08 Å². The summed E-state index contributed by atoms with van der Waals surface area (Å²) in [4.78, 5) is 0. The second-order valence-corrected chi connectivity index (χ2v) is 4.56. The maximum atomic E-state index is 5.32. The summed E-state index contributed by atoms with van der Waals surface area (Å²) in [7, 11) is 0. The third-order valence-corrected chi connectivity index (χ3v) is 2.97. The van der Waals surface area contributed by atoms with Gasteiger partial charge >= 0.3 is 23.1 Å². The average molecular weight is 314 g/mol. The van der Waals surface area contributed by atoms with Crippen LogP contribution in [0.2, 0.25) is 0 Å². The Balaban J connectivity index is -0.000000980. The van der Waals surface area contributed by atoms with Crippen LogP contribution >= 0.6 is 0 Å². The molecule has 0 aliphatic rings. The molecule has 0 unspecified atom stereocenters. The van der Waals surface area contributed by atoms with Crippen LogP contribution in [0.25, 0.3) is 0 Å². The van der Waals surface area contributed by atoms with Gasteiger partial charge in [-0.2, -0.15) is 0 Å². The molecule has 0 saturated carbocycles. The van der Waals surface area contributed by atoms with Gasteiger partial charge in [-0.1, -0.05) is 84.0 Å². The minimum Gasteiger partial charge on any atom is -1.00 e. The maximum absolute atomic E-state index is 5.32. The van der Waals surface area contributed by atoms with Crippen molar-refractivity contribution in [2.45, 2.75) is 84.0 Å². The zero-order valence-corrected chi connectivity index (χ0v) is 14.7. The number of unbranched alkanes of at least 4 members (excludes halogenated alkanes) is 11. The van der Waals surface area contributed by atoms with E-state index in [2.05, 4.69) is 6.92 Å². The molecule has 0 rings (SSSR count). The van der Waals surface area contributed by atoms with Crippen molar-refractivity contribution in [3.63, 3.8) is 0 Å². The number of hydrogen-bond acceptors (Lipinski definition) is 0. The van der Waals surface area contributed by atoms with Gasteiger partial charge in [0.25, 0.3) is 0 Å². The molecule has 0 atom stereocenters. The topological polar surface area (TPSA) is 0 Å². The minimum atomic E-state index is 0. The van der Waals surface area contributed by atoms with Crippen molar-refractivity contribution in [2.24, 2.45) is 0 Å². The molecular weight excluding hydrogens is 284 g/mol. The molecule has 0 bridgehead atoms. The first-order valence-electron chi connectivity index (χ1n) is 6.95. The molecule has 0 aliphatic carbocycles. The Morgan fingerprint density at radius 1 is 0.706 bits per heavy atom. The summed E-state index contributed by atoms with van der Waals surface area (Å²) in [6.07, 6.45) is 18.4. The van der Waals surface area contributed by atoms with E-state index in [0.29, 0.717) is 0 Å². The van der Waals surface area contributed by atoms with Crippen molar-refractivity contribution < 1.29 is 17.0 Å². The molecule has 0 heterocycles. The Hall–Kier alpha value is 0.986. The molecule has 0 amide bonds. The van der Waals surface area contributed by atoms with Crippen molar-refractivity contribution in [3.8, 4) is 0 Å². The van der Waals surface area contributed by atoms with Gasteiger partial charge in [-0.15, -0.1) is 0 Å². The van der Waals surface area contributed by atoms with Crippen molar-refractivity contribution in [1.29, 1.82) is 0 Å². The van der Waals surface area contributed by atoms with Gasteiger partial charge in [0.15, 0.2) is 0 Å². The fourth-order valence-corrected chi connectivity index (χ4v) is 1.93. The van der Waals surface area contributed by atoms with Crippen molar-refractivity contribution in [1.82, 2.24) is 0 Å². The molecular formula is C15H29BrMg. The minimum absolute atomic E-state index is 0. The van der Waals surface area contributed by atoms with Crippen LogP contribution in [0.3, 0.4) is 0 Å². The smallest absolute Gasteiger partial charge is 1.00 e. The molecule has 0 N–H and O–H groups in total. The molecule has 0 fully saturated rings. The van der Waals surface area contributed by atoms with Gasteiger partial charge in [0.05, 0.1) is 0 Å². The predicted molar refractivity (Wildman–Crippen MR) is 75.7 cm³/mol. The summed E-state index contributed by atoms with van der Waals surface area (Å²) in [5.74, 6) is 0. The van der Waals surface area contributed by atoms with Gasteiger partial charge in [-0.05, 0) is 0 Å². The third kappa shape index (κ3) is 22.6. The quantitative estimate of drug-likeness (QED) is 0.295. The van der Waals surface area contributed by atoms with Crippen LogP contribution in [0.5, 0.6) is 0 Å². The molecule has 17 heavy (non-hydrogen) atoms. The van der Waals surface area contributed by atoms with E-state index in [-0.39, 0.29) is 40.0 Å². The molecule has 0 spiro atoms. The normalized spacial score (nSPS) is 9.24. The van der Waals surface area contributed by atoms with E-state index in [1.54, 1.807) is 6.08 Å². The van der Waals surface area contributed by atoms with E-state index in [9.17, 15) is 0 Å². The SMILES string of the molecule is [Br-].[CH-]=CCCCCCCCCCCCCC.[Mg+2]. The fourth-order valence-electron chi connectivity index (χ4n) is 1.93. The van der Waals surface area contributed by atoms with Crippen LogP contribution in [-0.4, -0.2) is 23.1 Å². The number of halogens is 1. The first-order valence-corrected chi connectivity index (χ1v) is 6.95. The summed E-state index contributed by atoms with van der Waals surface area (Å²) in [5.41, 5.74) is 0. The number of allylic oxidation sites excluding steroid dienone is 1. The van der Waals surface area contributed by atoms with Crippen LogP contribution in [-0.2, 0) is 0 Å². The third-order valence-electron chi connectivity index (χ3n) is 2.97. The average Bonchev–Trinajstić information content (AvgIpc) is 2.26. The fraction of sp³-hybridized carbons (Fsp3) is 0.867. The standard InChI is InChI=1S/C15H29.BrH.Mg/c1-3-5-7-9-11-13-15-14-12-10-8-6-4-2;;/h1,3H,4-15H2,2H3;1H;/q-1;;+2/p-1. The Kier molecular flexibility index (Phi) is 30.2. The molecule has 98 valence electrons. The van der Waals surface area contributed by atoms with Gasteiger partial charge in [0, 0.05) is 0 Å². The summed E-state index contributed by atoms with van der Waals surface area (Å²) >= 11 is 0. The van der Waals surface area contributed by atoms with Crippen LogP contribution < -0.4 is 17.0 Å².